The Labute approximate surface area is 173 Å². The summed E-state index contributed by atoms with van der Waals surface area (Å²) in [6, 6.07) is 8.12. The highest BCUT2D eigenvalue weighted by atomic mass is 32.2. The molecule has 29 heavy (non-hydrogen) atoms. The minimum atomic E-state index is 0.432. The van der Waals surface area contributed by atoms with Gasteiger partial charge in [-0.1, -0.05) is 29.1 Å². The standard InChI is InChI=1S/C21H23N7S/c1-2-16(29-18-5-3-4-9-22-18)13-27-11-7-15(8-12-27)19-20-17-6-10-23-21(17)24-14-28(20)26-25-19/h2-6,9-10,14-15,23H,7-8,11-13H2,1H3/b16-2-. The van der Waals surface area contributed by atoms with Crippen molar-refractivity contribution in [2.24, 2.45) is 0 Å². The number of rotatable bonds is 5. The molecule has 0 aliphatic carbocycles. The number of hydrogen-bond donors (Lipinski definition) is 1. The van der Waals surface area contributed by atoms with Crippen LogP contribution in [0, 0.1) is 0 Å². The van der Waals surface area contributed by atoms with Gasteiger partial charge in [0.05, 0.1) is 5.69 Å². The molecular formula is C21H23N7S. The van der Waals surface area contributed by atoms with E-state index in [4.69, 9.17) is 0 Å². The Bertz CT molecular complexity index is 1140. The van der Waals surface area contributed by atoms with Crippen LogP contribution >= 0.6 is 11.8 Å². The molecule has 5 rings (SSSR count). The van der Waals surface area contributed by atoms with E-state index >= 15 is 0 Å². The van der Waals surface area contributed by atoms with E-state index in [1.807, 2.05) is 24.5 Å². The van der Waals surface area contributed by atoms with Gasteiger partial charge in [-0.2, -0.15) is 0 Å². The molecule has 1 aliphatic rings. The number of hydrogen-bond acceptors (Lipinski definition) is 6. The fourth-order valence-electron chi connectivity index (χ4n) is 4.00. The maximum Gasteiger partial charge on any atom is 0.141 e. The van der Waals surface area contributed by atoms with Crippen LogP contribution in [0.5, 0.6) is 0 Å². The van der Waals surface area contributed by atoms with Crippen LogP contribution in [0.2, 0.25) is 0 Å². The summed E-state index contributed by atoms with van der Waals surface area (Å²) in [5.41, 5.74) is 3.09. The van der Waals surface area contributed by atoms with Crippen LogP contribution in [0.25, 0.3) is 16.6 Å². The molecule has 4 aromatic rings. The SMILES string of the molecule is C/C=C(/CN1CCC(c2nnn3cnc4[nH]ccc4c23)CC1)Sc1ccccn1. The summed E-state index contributed by atoms with van der Waals surface area (Å²) < 4.78 is 1.80. The Morgan fingerprint density at radius 1 is 1.24 bits per heavy atom. The second-order valence-corrected chi connectivity index (χ2v) is 8.47. The van der Waals surface area contributed by atoms with E-state index in [9.17, 15) is 0 Å². The molecule has 0 atom stereocenters. The van der Waals surface area contributed by atoms with Crippen LogP contribution in [-0.4, -0.2) is 54.3 Å². The molecule has 8 heteroatoms. The molecule has 7 nitrogen and oxygen atoms in total. The van der Waals surface area contributed by atoms with E-state index in [0.29, 0.717) is 5.92 Å². The molecule has 0 bridgehead atoms. The Kier molecular flexibility index (Phi) is 5.03. The Morgan fingerprint density at radius 3 is 2.93 bits per heavy atom. The van der Waals surface area contributed by atoms with E-state index < -0.39 is 0 Å². The lowest BCUT2D eigenvalue weighted by Crippen LogP contribution is -2.34. The highest BCUT2D eigenvalue weighted by molar-refractivity contribution is 8.03. The van der Waals surface area contributed by atoms with Crippen LogP contribution in [0.15, 0.2) is 59.0 Å². The molecule has 0 aromatic carbocycles. The second-order valence-electron chi connectivity index (χ2n) is 7.33. The van der Waals surface area contributed by atoms with Crippen LogP contribution in [0.4, 0.5) is 0 Å². The molecule has 1 fully saturated rings. The van der Waals surface area contributed by atoms with Gasteiger partial charge in [0.1, 0.15) is 22.5 Å². The number of aromatic nitrogens is 6. The molecule has 0 saturated carbocycles. The number of fused-ring (bicyclic) bond motifs is 3. The van der Waals surface area contributed by atoms with Crippen molar-refractivity contribution in [3.05, 3.63) is 59.7 Å². The number of piperidine rings is 1. The van der Waals surface area contributed by atoms with Crippen LogP contribution in [0.1, 0.15) is 31.4 Å². The topological polar surface area (TPSA) is 75.0 Å². The molecule has 148 valence electrons. The molecule has 1 aliphatic heterocycles. The van der Waals surface area contributed by atoms with Crippen molar-refractivity contribution < 1.29 is 0 Å². The normalized spacial score (nSPS) is 16.8. The third-order valence-electron chi connectivity index (χ3n) is 5.55. The zero-order valence-electron chi connectivity index (χ0n) is 16.3. The van der Waals surface area contributed by atoms with E-state index in [0.717, 1.165) is 59.7 Å². The monoisotopic (exact) mass is 405 g/mol. The van der Waals surface area contributed by atoms with Gasteiger partial charge in [-0.3, -0.25) is 4.90 Å². The minimum absolute atomic E-state index is 0.432. The van der Waals surface area contributed by atoms with E-state index in [2.05, 4.69) is 55.3 Å². The zero-order valence-corrected chi connectivity index (χ0v) is 17.1. The van der Waals surface area contributed by atoms with Gasteiger partial charge in [-0.05, 0) is 51.1 Å². The van der Waals surface area contributed by atoms with E-state index in [-0.39, 0.29) is 0 Å². The first-order valence-corrected chi connectivity index (χ1v) is 10.8. The van der Waals surface area contributed by atoms with Gasteiger partial charge in [0, 0.05) is 35.1 Å². The molecular weight excluding hydrogens is 382 g/mol. The molecule has 5 heterocycles. The predicted molar refractivity (Wildman–Crippen MR) is 115 cm³/mol. The van der Waals surface area contributed by atoms with Gasteiger partial charge in [0.15, 0.2) is 0 Å². The molecule has 0 spiro atoms. The largest absolute Gasteiger partial charge is 0.346 e. The summed E-state index contributed by atoms with van der Waals surface area (Å²) in [5.74, 6) is 0.432. The first-order valence-electron chi connectivity index (χ1n) is 9.95. The number of nitrogens with one attached hydrogen (secondary N) is 1. The summed E-state index contributed by atoms with van der Waals surface area (Å²) >= 11 is 1.76. The fraction of sp³-hybridized carbons (Fsp3) is 0.333. The Balaban J connectivity index is 1.27. The molecule has 4 aromatic heterocycles. The Morgan fingerprint density at radius 2 is 2.14 bits per heavy atom. The van der Waals surface area contributed by atoms with Gasteiger partial charge in [0.25, 0.3) is 0 Å². The summed E-state index contributed by atoms with van der Waals surface area (Å²) in [4.78, 5) is 15.9. The lowest BCUT2D eigenvalue weighted by atomic mass is 9.92. The number of H-pyrrole nitrogens is 1. The fourth-order valence-corrected chi connectivity index (χ4v) is 4.90. The summed E-state index contributed by atoms with van der Waals surface area (Å²) in [6.07, 6.45) is 9.90. The Hall–Kier alpha value is -2.71. The number of thioether (sulfide) groups is 1. The van der Waals surface area contributed by atoms with E-state index in [1.165, 1.54) is 4.91 Å². The lowest BCUT2D eigenvalue weighted by Gasteiger charge is -2.31. The molecule has 1 saturated heterocycles. The molecule has 0 unspecified atom stereocenters. The van der Waals surface area contributed by atoms with Crippen molar-refractivity contribution in [2.45, 2.75) is 30.7 Å². The number of aromatic amines is 1. The third-order valence-corrected chi connectivity index (χ3v) is 6.62. The van der Waals surface area contributed by atoms with E-state index in [1.54, 1.807) is 22.6 Å². The lowest BCUT2D eigenvalue weighted by molar-refractivity contribution is 0.230. The average Bonchev–Trinajstić information content (AvgIpc) is 3.41. The van der Waals surface area contributed by atoms with Crippen molar-refractivity contribution in [3.8, 4) is 0 Å². The predicted octanol–water partition coefficient (Wildman–Crippen LogP) is 3.88. The van der Waals surface area contributed by atoms with Crippen LogP contribution in [0.3, 0.4) is 0 Å². The molecule has 1 N–H and O–H groups in total. The molecule has 0 radical (unpaired) electrons. The smallest absolute Gasteiger partial charge is 0.141 e. The first kappa shape index (κ1) is 18.3. The van der Waals surface area contributed by atoms with Gasteiger partial charge in [-0.15, -0.1) is 5.10 Å². The van der Waals surface area contributed by atoms with Crippen molar-refractivity contribution in [1.29, 1.82) is 0 Å². The molecule has 0 amide bonds. The van der Waals surface area contributed by atoms with Gasteiger partial charge >= 0.3 is 0 Å². The van der Waals surface area contributed by atoms with Crippen molar-refractivity contribution in [2.75, 3.05) is 19.6 Å². The van der Waals surface area contributed by atoms with Crippen LogP contribution in [-0.2, 0) is 0 Å². The van der Waals surface area contributed by atoms with Crippen LogP contribution < -0.4 is 0 Å². The summed E-state index contributed by atoms with van der Waals surface area (Å²) in [7, 11) is 0. The number of allylic oxidation sites excluding steroid dienone is 1. The number of nitrogens with zero attached hydrogens (tertiary/aromatic N) is 6. The summed E-state index contributed by atoms with van der Waals surface area (Å²) in [6.45, 7) is 5.20. The van der Waals surface area contributed by atoms with Crippen molar-refractivity contribution in [1.82, 2.24) is 34.7 Å². The second kappa shape index (κ2) is 7.96. The van der Waals surface area contributed by atoms with Gasteiger partial charge in [-0.25, -0.2) is 14.5 Å². The van der Waals surface area contributed by atoms with Gasteiger partial charge < -0.3 is 4.98 Å². The quantitative estimate of drug-likeness (QED) is 0.508. The number of pyridine rings is 1. The third kappa shape index (κ3) is 3.65. The zero-order chi connectivity index (χ0) is 19.6. The average molecular weight is 406 g/mol. The maximum atomic E-state index is 4.52. The highest BCUT2D eigenvalue weighted by Crippen LogP contribution is 2.33. The highest BCUT2D eigenvalue weighted by Gasteiger charge is 2.26. The van der Waals surface area contributed by atoms with Crippen molar-refractivity contribution >= 4 is 28.3 Å². The first-order chi connectivity index (χ1) is 14.3. The van der Waals surface area contributed by atoms with Gasteiger partial charge in [0.2, 0.25) is 0 Å². The maximum absolute atomic E-state index is 4.52. The van der Waals surface area contributed by atoms with Crippen molar-refractivity contribution in [3.63, 3.8) is 0 Å². The minimum Gasteiger partial charge on any atom is -0.346 e. The summed E-state index contributed by atoms with van der Waals surface area (Å²) in [5, 5.41) is 11.0. The number of likely N-dealkylation sites (tertiary alicyclic amines) is 1.